The summed E-state index contributed by atoms with van der Waals surface area (Å²) in [5, 5.41) is 8.62. The van der Waals surface area contributed by atoms with Crippen molar-refractivity contribution in [1.29, 1.82) is 0 Å². The van der Waals surface area contributed by atoms with Gasteiger partial charge in [-0.25, -0.2) is 4.39 Å². The van der Waals surface area contributed by atoms with Gasteiger partial charge in [-0.1, -0.05) is 0 Å². The number of allylic oxidation sites excluding steroid dienone is 1. The summed E-state index contributed by atoms with van der Waals surface area (Å²) in [5.74, 6) is -11.7. The van der Waals surface area contributed by atoms with Crippen molar-refractivity contribution in [3.05, 3.63) is 10.7 Å². The molecule has 1 aliphatic carbocycles. The topological polar surface area (TPSA) is 29.5 Å². The quantitative estimate of drug-likeness (QED) is 0.812. The van der Waals surface area contributed by atoms with Gasteiger partial charge in [0.25, 0.3) is 0 Å². The number of hydrogen-bond donors (Lipinski definition) is 1. The molecule has 9 heteroatoms. The molecule has 0 amide bonds. The van der Waals surface area contributed by atoms with E-state index in [-0.39, 0.29) is 18.1 Å². The molecule has 2 rings (SSSR count). The highest BCUT2D eigenvalue weighted by Gasteiger charge is 2.80. The van der Waals surface area contributed by atoms with Gasteiger partial charge in [-0.15, -0.1) is 23.5 Å². The maximum absolute atomic E-state index is 13.8. The molecule has 2 aliphatic rings. The van der Waals surface area contributed by atoms with Gasteiger partial charge in [-0.3, -0.25) is 0 Å². The molecule has 1 heterocycles. The minimum atomic E-state index is -4.87. The zero-order valence-corrected chi connectivity index (χ0v) is 10.5. The van der Waals surface area contributed by atoms with E-state index in [0.29, 0.717) is 23.5 Å². The second-order valence-corrected chi connectivity index (χ2v) is 6.05. The average molecular weight is 308 g/mol. The number of aliphatic hydroxyl groups excluding tert-OH is 1. The SMILES string of the molecule is OCCSC1=C(F)C(F)(F)C(F)(F)C12OCCS2. The van der Waals surface area contributed by atoms with E-state index in [2.05, 4.69) is 0 Å². The fraction of sp³-hybridized carbons (Fsp3) is 0.778. The highest BCUT2D eigenvalue weighted by atomic mass is 32.2. The van der Waals surface area contributed by atoms with Crippen LogP contribution in [-0.4, -0.2) is 46.6 Å². The molecule has 0 aromatic heterocycles. The highest BCUT2D eigenvalue weighted by molar-refractivity contribution is 8.06. The summed E-state index contributed by atoms with van der Waals surface area (Å²) >= 11 is 0.913. The van der Waals surface area contributed by atoms with E-state index in [0.717, 1.165) is 0 Å². The highest BCUT2D eigenvalue weighted by Crippen LogP contribution is 2.66. The van der Waals surface area contributed by atoms with Crippen molar-refractivity contribution in [3.8, 4) is 0 Å². The van der Waals surface area contributed by atoms with Gasteiger partial charge in [-0.05, 0) is 0 Å². The molecule has 1 fully saturated rings. The van der Waals surface area contributed by atoms with E-state index in [1.165, 1.54) is 0 Å². The maximum atomic E-state index is 13.8. The number of rotatable bonds is 3. The lowest BCUT2D eigenvalue weighted by molar-refractivity contribution is -0.233. The molecule has 18 heavy (non-hydrogen) atoms. The zero-order chi connectivity index (χ0) is 13.6. The Labute approximate surface area is 108 Å². The minimum absolute atomic E-state index is 0.0855. The first kappa shape index (κ1) is 14.4. The summed E-state index contributed by atoms with van der Waals surface area (Å²) in [4.78, 5) is -3.46. The van der Waals surface area contributed by atoms with E-state index >= 15 is 0 Å². The zero-order valence-electron chi connectivity index (χ0n) is 8.89. The Bertz CT molecular complexity index is 379. The number of hydrogen-bond acceptors (Lipinski definition) is 4. The lowest BCUT2D eigenvalue weighted by Crippen LogP contribution is -2.52. The van der Waals surface area contributed by atoms with E-state index in [9.17, 15) is 22.0 Å². The van der Waals surface area contributed by atoms with Gasteiger partial charge >= 0.3 is 11.8 Å². The largest absolute Gasteiger partial charge is 0.396 e. The molecule has 1 atom stereocenters. The van der Waals surface area contributed by atoms with Crippen molar-refractivity contribution in [3.63, 3.8) is 0 Å². The summed E-state index contributed by atoms with van der Waals surface area (Å²) < 4.78 is 72.5. The molecule has 1 N–H and O–H groups in total. The second kappa shape index (κ2) is 4.53. The number of ether oxygens (including phenoxy) is 1. The molecular formula is C9H9F5O2S2. The van der Waals surface area contributed by atoms with Crippen LogP contribution in [0.1, 0.15) is 0 Å². The van der Waals surface area contributed by atoms with Crippen LogP contribution in [0.25, 0.3) is 0 Å². The standard InChI is InChI=1S/C9H9F5O2S2/c10-5-6(17-3-1-15)8(16-2-4-18-8)9(13,14)7(5,11)12/h15H,1-4H2. The Morgan fingerprint density at radius 1 is 1.33 bits per heavy atom. The first-order valence-corrected chi connectivity index (χ1v) is 6.96. The van der Waals surface area contributed by atoms with E-state index < -0.39 is 34.1 Å². The third-order valence-electron chi connectivity index (χ3n) is 2.61. The lowest BCUT2D eigenvalue weighted by atomic mass is 10.2. The van der Waals surface area contributed by atoms with Crippen LogP contribution < -0.4 is 0 Å². The van der Waals surface area contributed by atoms with Crippen molar-refractivity contribution in [2.24, 2.45) is 0 Å². The molecular weight excluding hydrogens is 299 g/mol. The number of halogens is 5. The van der Waals surface area contributed by atoms with Gasteiger partial charge in [0.1, 0.15) is 0 Å². The molecule has 104 valence electrons. The number of aliphatic hydroxyl groups is 1. The van der Waals surface area contributed by atoms with Crippen LogP contribution in [0.4, 0.5) is 22.0 Å². The Hall–Kier alpha value is 0.01000. The molecule has 0 radical (unpaired) electrons. The van der Waals surface area contributed by atoms with Crippen LogP contribution in [0.3, 0.4) is 0 Å². The van der Waals surface area contributed by atoms with Crippen LogP contribution in [0.15, 0.2) is 10.7 Å². The monoisotopic (exact) mass is 308 g/mol. The molecule has 2 nitrogen and oxygen atoms in total. The normalized spacial score (nSPS) is 33.7. The predicted octanol–water partition coefficient (Wildman–Crippen LogP) is 2.64. The molecule has 1 unspecified atom stereocenters. The number of thioether (sulfide) groups is 2. The molecule has 0 bridgehead atoms. The third-order valence-corrected chi connectivity index (χ3v) is 5.24. The molecule has 0 aromatic carbocycles. The van der Waals surface area contributed by atoms with Crippen molar-refractivity contribution in [2.75, 3.05) is 24.7 Å². The summed E-state index contributed by atoms with van der Waals surface area (Å²) in [5.41, 5.74) is 0. The van der Waals surface area contributed by atoms with Crippen LogP contribution >= 0.6 is 23.5 Å². The summed E-state index contributed by atoms with van der Waals surface area (Å²) in [6.45, 7) is -0.577. The molecule has 1 saturated heterocycles. The van der Waals surface area contributed by atoms with E-state index in [1.807, 2.05) is 0 Å². The van der Waals surface area contributed by atoms with Crippen LogP contribution in [0.2, 0.25) is 0 Å². The fourth-order valence-electron chi connectivity index (χ4n) is 1.81. The summed E-state index contributed by atoms with van der Waals surface area (Å²) in [6, 6.07) is 0. The van der Waals surface area contributed by atoms with Gasteiger partial charge in [0.2, 0.25) is 4.93 Å². The molecule has 0 saturated carbocycles. The minimum Gasteiger partial charge on any atom is -0.396 e. The average Bonchev–Trinajstić information content (AvgIpc) is 2.82. The van der Waals surface area contributed by atoms with Gasteiger partial charge in [0, 0.05) is 11.5 Å². The van der Waals surface area contributed by atoms with E-state index in [1.54, 1.807) is 0 Å². The Kier molecular flexibility index (Phi) is 3.63. The van der Waals surface area contributed by atoms with Crippen molar-refractivity contribution in [1.82, 2.24) is 0 Å². The third kappa shape index (κ3) is 1.63. The van der Waals surface area contributed by atoms with Crippen molar-refractivity contribution in [2.45, 2.75) is 16.8 Å². The summed E-state index contributed by atoms with van der Waals surface area (Å²) in [7, 11) is 0. The molecule has 1 aliphatic heterocycles. The Balaban J connectivity index is 2.47. The van der Waals surface area contributed by atoms with Crippen LogP contribution in [0.5, 0.6) is 0 Å². The smallest absolute Gasteiger partial charge is 0.365 e. The Morgan fingerprint density at radius 3 is 2.50 bits per heavy atom. The van der Waals surface area contributed by atoms with E-state index in [4.69, 9.17) is 9.84 Å². The van der Waals surface area contributed by atoms with Crippen molar-refractivity contribution >= 4 is 23.5 Å². The number of alkyl halides is 4. The van der Waals surface area contributed by atoms with Crippen LogP contribution in [-0.2, 0) is 4.74 Å². The second-order valence-electron chi connectivity index (χ2n) is 3.68. The van der Waals surface area contributed by atoms with Crippen LogP contribution in [0, 0.1) is 0 Å². The maximum Gasteiger partial charge on any atom is 0.365 e. The van der Waals surface area contributed by atoms with Gasteiger partial charge in [0.15, 0.2) is 5.83 Å². The summed E-state index contributed by atoms with van der Waals surface area (Å²) in [6.07, 6.45) is 0. The van der Waals surface area contributed by atoms with Gasteiger partial charge in [0.05, 0.1) is 18.1 Å². The predicted molar refractivity (Wildman–Crippen MR) is 58.7 cm³/mol. The first-order valence-electron chi connectivity index (χ1n) is 4.99. The molecule has 0 aromatic rings. The lowest BCUT2D eigenvalue weighted by Gasteiger charge is -2.32. The van der Waals surface area contributed by atoms with Crippen molar-refractivity contribution < 1.29 is 31.8 Å². The first-order chi connectivity index (χ1) is 8.31. The molecule has 1 spiro atoms. The van der Waals surface area contributed by atoms with Gasteiger partial charge < -0.3 is 9.84 Å². The Morgan fingerprint density at radius 2 is 2.00 bits per heavy atom. The fourth-order valence-corrected chi connectivity index (χ4v) is 4.24. The van der Waals surface area contributed by atoms with Gasteiger partial charge in [-0.2, -0.15) is 17.6 Å².